The van der Waals surface area contributed by atoms with Crippen LogP contribution in [0.4, 0.5) is 0 Å². The minimum absolute atomic E-state index is 0.119. The first kappa shape index (κ1) is 12.0. The molecule has 0 radical (unpaired) electrons. The molecule has 0 aromatic rings. The van der Waals surface area contributed by atoms with Crippen LogP contribution in [0, 0.1) is 11.3 Å². The average molecular weight is 201 g/mol. The summed E-state index contributed by atoms with van der Waals surface area (Å²) in [5.41, 5.74) is 0.266. The lowest BCUT2D eigenvalue weighted by Crippen LogP contribution is -2.44. The maximum Gasteiger partial charge on any atom is 0.0948 e. The summed E-state index contributed by atoms with van der Waals surface area (Å²) in [6.07, 6.45) is -0.335. The van der Waals surface area contributed by atoms with E-state index in [1.54, 1.807) is 0 Å². The maximum atomic E-state index is 9.54. The number of aliphatic hydroxyl groups excluding tert-OH is 1. The SMILES string of the molecule is CC(C)C(C)(C)CNC1COCC1O. The minimum Gasteiger partial charge on any atom is -0.389 e. The summed E-state index contributed by atoms with van der Waals surface area (Å²) >= 11 is 0. The van der Waals surface area contributed by atoms with Gasteiger partial charge in [-0.25, -0.2) is 0 Å². The monoisotopic (exact) mass is 201 g/mol. The average Bonchev–Trinajstić information content (AvgIpc) is 2.47. The van der Waals surface area contributed by atoms with Gasteiger partial charge < -0.3 is 15.2 Å². The van der Waals surface area contributed by atoms with Crippen molar-refractivity contribution >= 4 is 0 Å². The highest BCUT2D eigenvalue weighted by Crippen LogP contribution is 2.25. The van der Waals surface area contributed by atoms with Gasteiger partial charge >= 0.3 is 0 Å². The zero-order valence-corrected chi connectivity index (χ0v) is 9.71. The molecule has 1 heterocycles. The Morgan fingerprint density at radius 1 is 1.43 bits per heavy atom. The van der Waals surface area contributed by atoms with Gasteiger partial charge in [-0.2, -0.15) is 0 Å². The molecule has 1 aliphatic rings. The summed E-state index contributed by atoms with van der Waals surface area (Å²) in [4.78, 5) is 0. The molecular formula is C11H23NO2. The molecule has 2 unspecified atom stereocenters. The zero-order valence-electron chi connectivity index (χ0n) is 9.71. The second-order valence-corrected chi connectivity index (χ2v) is 5.24. The van der Waals surface area contributed by atoms with Crippen LogP contribution in [0.25, 0.3) is 0 Å². The number of aliphatic hydroxyl groups is 1. The van der Waals surface area contributed by atoms with Gasteiger partial charge in [-0.1, -0.05) is 27.7 Å². The standard InChI is InChI=1S/C11H23NO2/c1-8(2)11(3,4)7-12-9-5-14-6-10(9)13/h8-10,12-13H,5-7H2,1-4H3. The van der Waals surface area contributed by atoms with E-state index in [-0.39, 0.29) is 17.6 Å². The van der Waals surface area contributed by atoms with Gasteiger partial charge in [-0.15, -0.1) is 0 Å². The van der Waals surface area contributed by atoms with Gasteiger partial charge in [-0.3, -0.25) is 0 Å². The molecule has 2 N–H and O–H groups in total. The molecule has 1 rings (SSSR count). The third kappa shape index (κ3) is 2.94. The molecule has 3 heteroatoms. The Balaban J connectivity index is 2.32. The van der Waals surface area contributed by atoms with E-state index in [2.05, 4.69) is 33.0 Å². The molecule has 0 spiro atoms. The molecule has 0 aromatic heterocycles. The second kappa shape index (κ2) is 4.60. The normalized spacial score (nSPS) is 28.7. The summed E-state index contributed by atoms with van der Waals surface area (Å²) in [5.74, 6) is 0.634. The number of hydrogen-bond donors (Lipinski definition) is 2. The smallest absolute Gasteiger partial charge is 0.0948 e. The zero-order chi connectivity index (χ0) is 10.8. The van der Waals surface area contributed by atoms with E-state index in [1.165, 1.54) is 0 Å². The third-order valence-corrected chi connectivity index (χ3v) is 3.43. The van der Waals surface area contributed by atoms with E-state index < -0.39 is 0 Å². The molecule has 0 bridgehead atoms. The predicted molar refractivity (Wildman–Crippen MR) is 57.2 cm³/mol. The Labute approximate surface area is 86.8 Å². The van der Waals surface area contributed by atoms with Gasteiger partial charge in [0, 0.05) is 6.54 Å². The Morgan fingerprint density at radius 2 is 2.07 bits per heavy atom. The summed E-state index contributed by atoms with van der Waals surface area (Å²) in [5, 5.41) is 12.9. The van der Waals surface area contributed by atoms with E-state index in [1.807, 2.05) is 0 Å². The molecular weight excluding hydrogens is 178 g/mol. The summed E-state index contributed by atoms with van der Waals surface area (Å²) in [7, 11) is 0. The molecule has 1 fully saturated rings. The quantitative estimate of drug-likeness (QED) is 0.713. The lowest BCUT2D eigenvalue weighted by molar-refractivity contribution is 0.119. The van der Waals surface area contributed by atoms with Crippen LogP contribution < -0.4 is 5.32 Å². The fourth-order valence-corrected chi connectivity index (χ4v) is 1.34. The predicted octanol–water partition coefficient (Wildman–Crippen LogP) is 1.02. The van der Waals surface area contributed by atoms with Crippen LogP contribution in [0.1, 0.15) is 27.7 Å². The highest BCUT2D eigenvalue weighted by Gasteiger charge is 2.29. The number of rotatable bonds is 4. The van der Waals surface area contributed by atoms with Crippen molar-refractivity contribution in [1.82, 2.24) is 5.32 Å². The first-order valence-electron chi connectivity index (χ1n) is 5.42. The summed E-state index contributed by atoms with van der Waals surface area (Å²) in [6, 6.07) is 0.119. The van der Waals surface area contributed by atoms with Gasteiger partial charge in [0.15, 0.2) is 0 Å². The van der Waals surface area contributed by atoms with Crippen LogP contribution in [-0.2, 0) is 4.74 Å². The van der Waals surface area contributed by atoms with Crippen LogP contribution in [0.5, 0.6) is 0 Å². The van der Waals surface area contributed by atoms with Gasteiger partial charge in [-0.05, 0) is 11.3 Å². The van der Waals surface area contributed by atoms with Crippen molar-refractivity contribution in [2.24, 2.45) is 11.3 Å². The van der Waals surface area contributed by atoms with Crippen molar-refractivity contribution in [3.05, 3.63) is 0 Å². The van der Waals surface area contributed by atoms with Gasteiger partial charge in [0.25, 0.3) is 0 Å². The lowest BCUT2D eigenvalue weighted by Gasteiger charge is -2.31. The molecule has 84 valence electrons. The third-order valence-electron chi connectivity index (χ3n) is 3.43. The van der Waals surface area contributed by atoms with Gasteiger partial charge in [0.05, 0.1) is 25.4 Å². The van der Waals surface area contributed by atoms with Gasteiger partial charge in [0.1, 0.15) is 0 Å². The molecule has 0 aliphatic carbocycles. The van der Waals surface area contributed by atoms with Gasteiger partial charge in [0.2, 0.25) is 0 Å². The number of ether oxygens (including phenoxy) is 1. The van der Waals surface area contributed by atoms with Crippen molar-refractivity contribution in [1.29, 1.82) is 0 Å². The Morgan fingerprint density at radius 3 is 2.50 bits per heavy atom. The molecule has 0 amide bonds. The largest absolute Gasteiger partial charge is 0.389 e. The lowest BCUT2D eigenvalue weighted by atomic mass is 9.81. The molecule has 1 saturated heterocycles. The Bertz CT molecular complexity index is 180. The Hall–Kier alpha value is -0.120. The van der Waals surface area contributed by atoms with Crippen molar-refractivity contribution in [3.8, 4) is 0 Å². The number of nitrogens with one attached hydrogen (secondary N) is 1. The molecule has 0 saturated carbocycles. The number of hydrogen-bond acceptors (Lipinski definition) is 3. The van der Waals surface area contributed by atoms with E-state index in [4.69, 9.17) is 4.74 Å². The minimum atomic E-state index is -0.335. The van der Waals surface area contributed by atoms with Crippen molar-refractivity contribution in [2.75, 3.05) is 19.8 Å². The van der Waals surface area contributed by atoms with Crippen LogP contribution in [0.15, 0.2) is 0 Å². The van der Waals surface area contributed by atoms with Crippen LogP contribution in [0.3, 0.4) is 0 Å². The molecule has 2 atom stereocenters. The fraction of sp³-hybridized carbons (Fsp3) is 1.00. The maximum absolute atomic E-state index is 9.54. The van der Waals surface area contributed by atoms with E-state index >= 15 is 0 Å². The Kier molecular flexibility index (Phi) is 3.93. The van der Waals surface area contributed by atoms with Crippen molar-refractivity contribution < 1.29 is 9.84 Å². The van der Waals surface area contributed by atoms with E-state index in [0.717, 1.165) is 6.54 Å². The van der Waals surface area contributed by atoms with Crippen LogP contribution in [0.2, 0.25) is 0 Å². The summed E-state index contributed by atoms with van der Waals surface area (Å²) < 4.78 is 5.18. The van der Waals surface area contributed by atoms with Crippen LogP contribution >= 0.6 is 0 Å². The van der Waals surface area contributed by atoms with E-state index in [0.29, 0.717) is 19.1 Å². The molecule has 14 heavy (non-hydrogen) atoms. The summed E-state index contributed by atoms with van der Waals surface area (Å²) in [6.45, 7) is 11.0. The first-order valence-corrected chi connectivity index (χ1v) is 5.42. The molecule has 0 aromatic carbocycles. The fourth-order valence-electron chi connectivity index (χ4n) is 1.34. The first-order chi connectivity index (χ1) is 6.43. The van der Waals surface area contributed by atoms with Crippen LogP contribution in [-0.4, -0.2) is 37.0 Å². The molecule has 3 nitrogen and oxygen atoms in total. The van der Waals surface area contributed by atoms with Crippen molar-refractivity contribution in [2.45, 2.75) is 39.8 Å². The topological polar surface area (TPSA) is 41.5 Å². The highest BCUT2D eigenvalue weighted by molar-refractivity contribution is 4.84. The molecule has 1 aliphatic heterocycles. The highest BCUT2D eigenvalue weighted by atomic mass is 16.5. The van der Waals surface area contributed by atoms with E-state index in [9.17, 15) is 5.11 Å². The second-order valence-electron chi connectivity index (χ2n) is 5.24. The van der Waals surface area contributed by atoms with Crippen molar-refractivity contribution in [3.63, 3.8) is 0 Å².